The highest BCUT2D eigenvalue weighted by atomic mass is 16.5. The first-order valence-electron chi connectivity index (χ1n) is 8.09. The van der Waals surface area contributed by atoms with Crippen LogP contribution in [0.25, 0.3) is 11.4 Å². The molecule has 0 bridgehead atoms. The van der Waals surface area contributed by atoms with E-state index in [4.69, 9.17) is 9.93 Å². The molecule has 6 heteroatoms. The van der Waals surface area contributed by atoms with Gasteiger partial charge in [-0.15, -0.1) is 0 Å². The van der Waals surface area contributed by atoms with E-state index < -0.39 is 0 Å². The van der Waals surface area contributed by atoms with Gasteiger partial charge in [-0.25, -0.2) is 0 Å². The monoisotopic (exact) mass is 315 g/mol. The van der Waals surface area contributed by atoms with Crippen LogP contribution in [-0.4, -0.2) is 34.1 Å². The van der Waals surface area contributed by atoms with Crippen LogP contribution >= 0.6 is 0 Å². The molecule has 1 aromatic carbocycles. The predicted octanol–water partition coefficient (Wildman–Crippen LogP) is 1.97. The molecule has 0 spiro atoms. The number of nitrogens with two attached hydrogens (primary N) is 1. The van der Waals surface area contributed by atoms with Gasteiger partial charge >= 0.3 is 0 Å². The Morgan fingerprint density at radius 2 is 2.04 bits per heavy atom. The Bertz CT molecular complexity index is 702. The number of rotatable bonds is 4. The number of aliphatic hydroxyl groups is 1. The van der Waals surface area contributed by atoms with Crippen molar-refractivity contribution in [3.05, 3.63) is 29.7 Å². The number of nitrogens with one attached hydrogen (secondary N) is 1. The van der Waals surface area contributed by atoms with Crippen LogP contribution in [0.5, 0.6) is 0 Å². The first kappa shape index (κ1) is 15.8. The molecule has 2 aromatic rings. The van der Waals surface area contributed by atoms with Crippen LogP contribution < -0.4 is 5.32 Å². The summed E-state index contributed by atoms with van der Waals surface area (Å²) in [5, 5.41) is 23.5. The van der Waals surface area contributed by atoms with Gasteiger partial charge in [0.2, 0.25) is 11.7 Å². The number of hydrogen-bond donors (Lipinski definition) is 3. The third-order valence-corrected chi connectivity index (χ3v) is 4.51. The van der Waals surface area contributed by atoms with E-state index in [1.165, 1.54) is 0 Å². The molecular formula is C17H23N4O2+. The summed E-state index contributed by atoms with van der Waals surface area (Å²) in [5.41, 5.74) is 3.36. The van der Waals surface area contributed by atoms with Crippen LogP contribution in [-0.2, 0) is 0 Å². The van der Waals surface area contributed by atoms with Gasteiger partial charge in [0.15, 0.2) is 0 Å². The quantitative estimate of drug-likeness (QED) is 0.593. The van der Waals surface area contributed by atoms with Crippen molar-refractivity contribution in [2.45, 2.75) is 44.6 Å². The van der Waals surface area contributed by atoms with Gasteiger partial charge < -0.3 is 20.4 Å². The van der Waals surface area contributed by atoms with Crippen LogP contribution in [0.15, 0.2) is 22.7 Å². The molecule has 1 fully saturated rings. The zero-order valence-electron chi connectivity index (χ0n) is 13.5. The summed E-state index contributed by atoms with van der Waals surface area (Å²) in [6.07, 6.45) is 3.19. The second-order valence-corrected chi connectivity index (χ2v) is 6.18. The number of hydrogen-bond acceptors (Lipinski definition) is 5. The van der Waals surface area contributed by atoms with Gasteiger partial charge in [0.05, 0.1) is 18.7 Å². The minimum absolute atomic E-state index is 0.187. The number of aliphatic hydroxyl groups excluding tert-OH is 1. The highest BCUT2D eigenvalue weighted by molar-refractivity contribution is 6.00. The molecule has 1 heterocycles. The van der Waals surface area contributed by atoms with Crippen LogP contribution in [0, 0.1) is 5.41 Å². The Labute approximate surface area is 135 Å². The maximum atomic E-state index is 9.60. The maximum absolute atomic E-state index is 9.60. The highest BCUT2D eigenvalue weighted by Gasteiger charge is 2.25. The lowest BCUT2D eigenvalue weighted by atomic mass is 9.87. The van der Waals surface area contributed by atoms with Crippen molar-refractivity contribution in [1.82, 2.24) is 10.1 Å². The van der Waals surface area contributed by atoms with Gasteiger partial charge in [-0.1, -0.05) is 5.16 Å². The molecule has 0 saturated heterocycles. The van der Waals surface area contributed by atoms with Crippen LogP contribution in [0.2, 0.25) is 0 Å². The van der Waals surface area contributed by atoms with E-state index in [0.717, 1.165) is 42.5 Å². The Hall–Kier alpha value is -2.05. The largest absolute Gasteiger partial charge is 0.393 e. The Morgan fingerprint density at radius 1 is 1.30 bits per heavy atom. The summed E-state index contributed by atoms with van der Waals surface area (Å²) >= 11 is 0. The zero-order chi connectivity index (χ0) is 16.4. The van der Waals surface area contributed by atoms with Crippen molar-refractivity contribution >= 4 is 11.4 Å². The molecule has 0 unspecified atom stereocenters. The molecule has 0 atom stereocenters. The maximum Gasteiger partial charge on any atom is 0.230 e. The Balaban J connectivity index is 1.84. The Kier molecular flexibility index (Phi) is 4.54. The third-order valence-electron chi connectivity index (χ3n) is 4.51. The van der Waals surface area contributed by atoms with Gasteiger partial charge in [-0.2, -0.15) is 4.98 Å². The summed E-state index contributed by atoms with van der Waals surface area (Å²) in [6, 6.07) is 5.85. The smallest absolute Gasteiger partial charge is 0.230 e. The number of quaternary nitrogens is 1. The topological polar surface area (TPSA) is 99.6 Å². The molecule has 6 nitrogen and oxygen atoms in total. The fourth-order valence-electron chi connectivity index (χ4n) is 3.12. The second-order valence-electron chi connectivity index (χ2n) is 6.18. The summed E-state index contributed by atoms with van der Waals surface area (Å²) < 4.78 is 5.45. The van der Waals surface area contributed by atoms with Crippen molar-refractivity contribution in [2.75, 3.05) is 7.05 Å². The summed E-state index contributed by atoms with van der Waals surface area (Å²) in [6.45, 7) is 1.78. The van der Waals surface area contributed by atoms with E-state index in [2.05, 4.69) is 10.1 Å². The summed E-state index contributed by atoms with van der Waals surface area (Å²) in [7, 11) is 1.96. The molecule has 0 aliphatic heterocycles. The molecule has 4 N–H and O–H groups in total. The molecule has 23 heavy (non-hydrogen) atoms. The van der Waals surface area contributed by atoms with E-state index in [-0.39, 0.29) is 12.0 Å². The molecule has 0 amide bonds. The molecular weight excluding hydrogens is 292 g/mol. The number of nitrogens with zero attached hydrogens (tertiary/aromatic N) is 2. The van der Waals surface area contributed by atoms with Crippen molar-refractivity contribution in [3.63, 3.8) is 0 Å². The lowest BCUT2D eigenvalue weighted by Gasteiger charge is -2.22. The Morgan fingerprint density at radius 3 is 2.70 bits per heavy atom. The fraction of sp³-hybridized carbons (Fsp3) is 0.471. The molecule has 3 rings (SSSR count). The lowest BCUT2D eigenvalue weighted by molar-refractivity contribution is -0.539. The third kappa shape index (κ3) is 3.33. The number of aromatic nitrogens is 2. The predicted molar refractivity (Wildman–Crippen MR) is 87.0 cm³/mol. The van der Waals surface area contributed by atoms with Crippen LogP contribution in [0.4, 0.5) is 5.69 Å². The van der Waals surface area contributed by atoms with E-state index in [1.54, 1.807) is 6.92 Å². The van der Waals surface area contributed by atoms with Crippen molar-refractivity contribution in [3.8, 4) is 11.4 Å². The standard InChI is InChI=1S/C17H22N4O2/c1-10(18)14-8-5-12(9-15(14)19-2)16-20-17(23-21-16)11-3-6-13(22)7-4-11/h5,8-9,11,13,18-19,22H,3-4,6-7H2,1-2H3/p+1. The van der Waals surface area contributed by atoms with E-state index in [0.29, 0.717) is 17.4 Å². The molecule has 122 valence electrons. The lowest BCUT2D eigenvalue weighted by Crippen LogP contribution is -2.73. The first-order valence-corrected chi connectivity index (χ1v) is 8.09. The van der Waals surface area contributed by atoms with E-state index >= 15 is 0 Å². The van der Waals surface area contributed by atoms with E-state index in [9.17, 15) is 5.11 Å². The van der Waals surface area contributed by atoms with Gasteiger partial charge in [0, 0.05) is 23.3 Å². The van der Waals surface area contributed by atoms with Crippen molar-refractivity contribution in [1.29, 1.82) is 5.41 Å². The SMILES string of the molecule is C[NH2+]c1cc(-c2noc(C3CCC(O)CC3)n2)ccc1C(C)=N. The van der Waals surface area contributed by atoms with Gasteiger partial charge in [-0.05, 0) is 44.7 Å². The molecule has 1 aliphatic rings. The van der Waals surface area contributed by atoms with Crippen molar-refractivity contribution < 1.29 is 14.9 Å². The van der Waals surface area contributed by atoms with E-state index in [1.807, 2.05) is 30.6 Å². The van der Waals surface area contributed by atoms with Gasteiger partial charge in [0.25, 0.3) is 0 Å². The summed E-state index contributed by atoms with van der Waals surface area (Å²) in [4.78, 5) is 4.55. The average molecular weight is 315 g/mol. The van der Waals surface area contributed by atoms with Gasteiger partial charge in [-0.3, -0.25) is 0 Å². The summed E-state index contributed by atoms with van der Waals surface area (Å²) in [5.74, 6) is 1.50. The van der Waals surface area contributed by atoms with Gasteiger partial charge in [0.1, 0.15) is 5.69 Å². The normalized spacial score (nSPS) is 21.3. The molecule has 1 aromatic heterocycles. The van der Waals surface area contributed by atoms with Crippen LogP contribution in [0.1, 0.15) is 50.0 Å². The minimum Gasteiger partial charge on any atom is -0.393 e. The number of benzene rings is 1. The minimum atomic E-state index is -0.187. The van der Waals surface area contributed by atoms with Crippen LogP contribution in [0.3, 0.4) is 0 Å². The van der Waals surface area contributed by atoms with Crippen molar-refractivity contribution in [2.24, 2.45) is 0 Å². The molecule has 0 radical (unpaired) electrons. The fourth-order valence-corrected chi connectivity index (χ4v) is 3.12. The zero-order valence-corrected chi connectivity index (χ0v) is 13.5. The average Bonchev–Trinajstić information content (AvgIpc) is 3.04. The molecule has 1 aliphatic carbocycles. The highest BCUT2D eigenvalue weighted by Crippen LogP contribution is 2.33. The first-order chi connectivity index (χ1) is 11.1. The second kappa shape index (κ2) is 6.60. The molecule has 1 saturated carbocycles.